The van der Waals surface area contributed by atoms with Crippen molar-refractivity contribution in [2.24, 2.45) is 0 Å². The van der Waals surface area contributed by atoms with Crippen LogP contribution in [0, 0.1) is 0 Å². The molecular weight excluding hydrogens is 460 g/mol. The Bertz CT molecular complexity index is 992. The molecule has 0 amide bonds. The quantitative estimate of drug-likeness (QED) is 0.282. The van der Waals surface area contributed by atoms with Crippen molar-refractivity contribution in [3.8, 4) is 11.5 Å². The number of aliphatic hydroxyl groups is 4. The van der Waals surface area contributed by atoms with Crippen LogP contribution in [0.3, 0.4) is 0 Å². The fourth-order valence-corrected chi connectivity index (χ4v) is 3.33. The van der Waals surface area contributed by atoms with E-state index in [1.54, 1.807) is 37.3 Å². The van der Waals surface area contributed by atoms with Gasteiger partial charge in [-0.25, -0.2) is 4.79 Å². The van der Waals surface area contributed by atoms with Crippen molar-refractivity contribution in [1.29, 1.82) is 0 Å². The zero-order valence-electron chi connectivity index (χ0n) is 19.4. The molecule has 0 radical (unpaired) electrons. The highest BCUT2D eigenvalue weighted by molar-refractivity contribution is 5.89. The molecule has 10 nitrogen and oxygen atoms in total. The Balaban J connectivity index is 1.59. The molecule has 0 aromatic heterocycles. The lowest BCUT2D eigenvalue weighted by Gasteiger charge is -2.39. The summed E-state index contributed by atoms with van der Waals surface area (Å²) in [7, 11) is 0. The average molecular weight is 491 g/mol. The predicted molar refractivity (Wildman–Crippen MR) is 122 cm³/mol. The molecule has 0 saturated carbocycles. The molecule has 1 saturated heterocycles. The van der Waals surface area contributed by atoms with Gasteiger partial charge in [-0.2, -0.15) is 0 Å². The van der Waals surface area contributed by atoms with E-state index in [1.807, 2.05) is 0 Å². The van der Waals surface area contributed by atoms with Crippen molar-refractivity contribution < 1.29 is 49.0 Å². The van der Waals surface area contributed by atoms with Gasteiger partial charge in [0, 0.05) is 0 Å². The predicted octanol–water partition coefficient (Wildman–Crippen LogP) is 1.21. The zero-order valence-corrected chi connectivity index (χ0v) is 19.4. The minimum absolute atomic E-state index is 0.0631. The summed E-state index contributed by atoms with van der Waals surface area (Å²) in [5.74, 6) is -0.0339. The zero-order chi connectivity index (χ0) is 25.5. The summed E-state index contributed by atoms with van der Waals surface area (Å²) in [5, 5.41) is 39.3. The molecule has 3 rings (SSSR count). The minimum Gasteiger partial charge on any atom is -0.489 e. The van der Waals surface area contributed by atoms with Crippen LogP contribution in [0.2, 0.25) is 0 Å². The third kappa shape index (κ3) is 6.77. The van der Waals surface area contributed by atoms with Crippen molar-refractivity contribution in [3.05, 3.63) is 59.2 Å². The molecule has 1 aliphatic rings. The van der Waals surface area contributed by atoms with Crippen molar-refractivity contribution >= 4 is 12.3 Å². The summed E-state index contributed by atoms with van der Waals surface area (Å²) in [4.78, 5) is 23.6. The monoisotopic (exact) mass is 490 g/mol. The first kappa shape index (κ1) is 26.6. The second-order valence-corrected chi connectivity index (χ2v) is 8.26. The molecular formula is C25H30O10. The SMILES string of the molecule is CC[C@@H](O)COC(=O)c1ccc(COc2ccc(O[C@@H]3OC(C)[C@H](O)[C@H](O)C3O)c(C=O)c2)cc1. The number of aliphatic hydroxyl groups excluding tert-OH is 4. The summed E-state index contributed by atoms with van der Waals surface area (Å²) in [6.07, 6.45) is -5.92. The van der Waals surface area contributed by atoms with Crippen LogP contribution >= 0.6 is 0 Å². The Morgan fingerprint density at radius 1 is 1.09 bits per heavy atom. The molecule has 4 N–H and O–H groups in total. The minimum atomic E-state index is -1.51. The van der Waals surface area contributed by atoms with Gasteiger partial charge >= 0.3 is 5.97 Å². The number of carbonyl (C=O) groups excluding carboxylic acids is 2. The van der Waals surface area contributed by atoms with E-state index in [4.69, 9.17) is 18.9 Å². The highest BCUT2D eigenvalue weighted by atomic mass is 16.7. The average Bonchev–Trinajstić information content (AvgIpc) is 2.88. The summed E-state index contributed by atoms with van der Waals surface area (Å²) < 4.78 is 21.8. The normalized spacial score (nSPS) is 24.9. The van der Waals surface area contributed by atoms with Crippen LogP contribution < -0.4 is 9.47 Å². The third-order valence-corrected chi connectivity index (χ3v) is 5.63. The molecule has 2 unspecified atom stereocenters. The van der Waals surface area contributed by atoms with Gasteiger partial charge in [-0.05, 0) is 49.2 Å². The Morgan fingerprint density at radius 2 is 1.80 bits per heavy atom. The van der Waals surface area contributed by atoms with Crippen LogP contribution in [0.1, 0.15) is 46.5 Å². The topological polar surface area (TPSA) is 152 Å². The fourth-order valence-electron chi connectivity index (χ4n) is 3.33. The second-order valence-electron chi connectivity index (χ2n) is 8.26. The van der Waals surface area contributed by atoms with E-state index in [0.29, 0.717) is 24.0 Å². The highest BCUT2D eigenvalue weighted by Crippen LogP contribution is 2.28. The largest absolute Gasteiger partial charge is 0.489 e. The summed E-state index contributed by atoms with van der Waals surface area (Å²) in [5.41, 5.74) is 1.25. The Labute approximate surface area is 202 Å². The van der Waals surface area contributed by atoms with E-state index in [-0.39, 0.29) is 24.5 Å². The molecule has 2 aromatic rings. The van der Waals surface area contributed by atoms with Gasteiger partial charge in [0.05, 0.1) is 23.3 Å². The maximum absolute atomic E-state index is 12.0. The number of benzene rings is 2. The highest BCUT2D eigenvalue weighted by Gasteiger charge is 2.43. The first-order valence-corrected chi connectivity index (χ1v) is 11.3. The summed E-state index contributed by atoms with van der Waals surface area (Å²) >= 11 is 0. The molecule has 1 fully saturated rings. The Hall–Kier alpha value is -3.02. The van der Waals surface area contributed by atoms with Gasteiger partial charge in [0.15, 0.2) is 6.29 Å². The number of hydrogen-bond acceptors (Lipinski definition) is 10. The van der Waals surface area contributed by atoms with Crippen LogP contribution in [0.25, 0.3) is 0 Å². The lowest BCUT2D eigenvalue weighted by molar-refractivity contribution is -0.268. The molecule has 0 bridgehead atoms. The number of esters is 1. The summed E-state index contributed by atoms with van der Waals surface area (Å²) in [6, 6.07) is 11.1. The van der Waals surface area contributed by atoms with Gasteiger partial charge < -0.3 is 39.4 Å². The number of hydrogen-bond donors (Lipinski definition) is 4. The van der Waals surface area contributed by atoms with Crippen LogP contribution in [-0.4, -0.2) is 76.1 Å². The van der Waals surface area contributed by atoms with Gasteiger partial charge in [0.2, 0.25) is 6.29 Å². The first-order chi connectivity index (χ1) is 16.7. The second kappa shape index (κ2) is 12.1. The first-order valence-electron chi connectivity index (χ1n) is 11.3. The number of aldehydes is 1. The molecule has 2 aromatic carbocycles. The molecule has 1 heterocycles. The smallest absolute Gasteiger partial charge is 0.338 e. The van der Waals surface area contributed by atoms with Gasteiger partial charge in [0.25, 0.3) is 0 Å². The molecule has 1 aliphatic heterocycles. The van der Waals surface area contributed by atoms with Crippen molar-refractivity contribution in [2.75, 3.05) is 6.61 Å². The third-order valence-electron chi connectivity index (χ3n) is 5.63. The maximum atomic E-state index is 12.0. The molecule has 6 atom stereocenters. The van der Waals surface area contributed by atoms with Gasteiger partial charge in [0.1, 0.15) is 43.0 Å². The van der Waals surface area contributed by atoms with Crippen molar-refractivity contribution in [3.63, 3.8) is 0 Å². The molecule has 35 heavy (non-hydrogen) atoms. The van der Waals surface area contributed by atoms with Crippen LogP contribution in [0.15, 0.2) is 42.5 Å². The lowest BCUT2D eigenvalue weighted by atomic mass is 10.00. The van der Waals surface area contributed by atoms with Crippen molar-refractivity contribution in [1.82, 2.24) is 0 Å². The number of carbonyl (C=O) groups is 2. The van der Waals surface area contributed by atoms with E-state index in [1.165, 1.54) is 19.1 Å². The number of rotatable bonds is 10. The summed E-state index contributed by atoms with van der Waals surface area (Å²) in [6.45, 7) is 3.42. The Kier molecular flexibility index (Phi) is 9.19. The number of ether oxygens (including phenoxy) is 4. The Morgan fingerprint density at radius 3 is 2.46 bits per heavy atom. The van der Waals surface area contributed by atoms with Gasteiger partial charge in [-0.3, -0.25) is 4.79 Å². The molecule has 190 valence electrons. The van der Waals surface area contributed by atoms with E-state index < -0.39 is 42.8 Å². The molecule has 0 spiro atoms. The van der Waals surface area contributed by atoms with Crippen molar-refractivity contribution in [2.45, 2.75) is 63.7 Å². The van der Waals surface area contributed by atoms with Crippen LogP contribution in [0.4, 0.5) is 0 Å². The lowest BCUT2D eigenvalue weighted by Crippen LogP contribution is -2.58. The van der Waals surface area contributed by atoms with E-state index in [9.17, 15) is 30.0 Å². The van der Waals surface area contributed by atoms with E-state index in [2.05, 4.69) is 0 Å². The van der Waals surface area contributed by atoms with Gasteiger partial charge in [-0.1, -0.05) is 19.1 Å². The molecule has 0 aliphatic carbocycles. The standard InChI is InChI=1S/C25H30O10/c1-3-18(27)13-33-24(31)16-6-4-15(5-7-16)12-32-19-8-9-20(17(10-19)11-26)35-25-23(30)22(29)21(28)14(2)34-25/h4-11,14,18,21-23,25,27-30H,3,12-13H2,1-2H3/t14?,18-,21+,22+,23?,25+/m1/s1. The van der Waals surface area contributed by atoms with Gasteiger partial charge in [-0.15, -0.1) is 0 Å². The van der Waals surface area contributed by atoms with Crippen LogP contribution in [-0.2, 0) is 16.1 Å². The van der Waals surface area contributed by atoms with E-state index >= 15 is 0 Å². The maximum Gasteiger partial charge on any atom is 0.338 e. The van der Waals surface area contributed by atoms with E-state index in [0.717, 1.165) is 5.56 Å². The fraction of sp³-hybridized carbons (Fsp3) is 0.440. The van der Waals surface area contributed by atoms with Crippen LogP contribution in [0.5, 0.6) is 11.5 Å². The molecule has 10 heteroatoms.